The van der Waals surface area contributed by atoms with Crippen molar-refractivity contribution >= 4 is 38.4 Å². The van der Waals surface area contributed by atoms with E-state index < -0.39 is 0 Å². The van der Waals surface area contributed by atoms with Crippen LogP contribution in [-0.2, 0) is 0 Å². The molecule has 2 heterocycles. The summed E-state index contributed by atoms with van der Waals surface area (Å²) in [6.45, 7) is 0. The van der Waals surface area contributed by atoms with Crippen molar-refractivity contribution in [2.75, 3.05) is 0 Å². The highest BCUT2D eigenvalue weighted by Crippen LogP contribution is 2.48. The van der Waals surface area contributed by atoms with Crippen molar-refractivity contribution in [3.8, 4) is 22.3 Å². The molecule has 1 N–H and O–H groups in total. The molecular weight excluding hydrogens is 376 g/mol. The van der Waals surface area contributed by atoms with E-state index in [0.717, 1.165) is 11.0 Å². The molecule has 0 spiro atoms. The van der Waals surface area contributed by atoms with Crippen LogP contribution in [0.4, 0.5) is 0 Å². The fourth-order valence-corrected chi connectivity index (χ4v) is 5.74. The van der Waals surface area contributed by atoms with Gasteiger partial charge in [-0.15, -0.1) is 0 Å². The van der Waals surface area contributed by atoms with Gasteiger partial charge in [0.05, 0.1) is 5.35 Å². The van der Waals surface area contributed by atoms with Crippen molar-refractivity contribution in [1.82, 2.24) is 9.97 Å². The number of rotatable bonds is 1. The minimum Gasteiger partial charge on any atom is -0.360 e. The lowest BCUT2D eigenvalue weighted by molar-refractivity contribution is 1.29. The molecule has 142 valence electrons. The van der Waals surface area contributed by atoms with Crippen LogP contribution in [0.15, 0.2) is 85.2 Å². The summed E-state index contributed by atoms with van der Waals surface area (Å²) in [6.07, 6.45) is 6.41. The van der Waals surface area contributed by atoms with Gasteiger partial charge in [-0.3, -0.25) is 4.98 Å². The van der Waals surface area contributed by atoms with Gasteiger partial charge in [0.1, 0.15) is 0 Å². The van der Waals surface area contributed by atoms with Crippen molar-refractivity contribution in [3.05, 3.63) is 107 Å². The Morgan fingerprint density at radius 3 is 2.23 bits per heavy atom. The van der Waals surface area contributed by atoms with Crippen LogP contribution in [-0.4, -0.2) is 9.97 Å². The minimum absolute atomic E-state index is 1.03. The van der Waals surface area contributed by atoms with Crippen molar-refractivity contribution in [1.29, 1.82) is 0 Å². The molecule has 4 aromatic carbocycles. The Labute approximate surface area is 177 Å². The van der Waals surface area contributed by atoms with E-state index in [1.807, 2.05) is 6.20 Å². The lowest BCUT2D eigenvalue weighted by Gasteiger charge is -2.02. The summed E-state index contributed by atoms with van der Waals surface area (Å²) in [5.74, 6) is 0. The lowest BCUT2D eigenvalue weighted by atomic mass is 10.0. The maximum Gasteiger partial charge on any atom is 0.0736 e. The third kappa shape index (κ3) is 1.82. The smallest absolute Gasteiger partial charge is 0.0736 e. The van der Waals surface area contributed by atoms with Gasteiger partial charge in [-0.1, -0.05) is 72.8 Å². The molecule has 0 atom stereocenters. The molecule has 0 unspecified atom stereocenters. The summed E-state index contributed by atoms with van der Waals surface area (Å²) in [5.41, 5.74) is 6.33. The fraction of sp³-hybridized carbons (Fsp3) is 0. The van der Waals surface area contributed by atoms with Crippen LogP contribution in [0.5, 0.6) is 0 Å². The second kappa shape index (κ2) is 5.30. The molecule has 1 aromatic heterocycles. The number of hydrogen-bond donors (Lipinski definition) is 1. The van der Waals surface area contributed by atoms with Crippen LogP contribution >= 0.6 is 0 Å². The zero-order valence-electron chi connectivity index (χ0n) is 16.6. The molecule has 0 radical (unpaired) electrons. The highest BCUT2D eigenvalue weighted by molar-refractivity contribution is 6.16. The fourth-order valence-electron chi connectivity index (χ4n) is 5.74. The molecule has 2 heteroatoms. The molecule has 0 amide bonds. The second-order valence-corrected chi connectivity index (χ2v) is 8.49. The van der Waals surface area contributed by atoms with E-state index in [-0.39, 0.29) is 0 Å². The third-order valence-corrected chi connectivity index (χ3v) is 6.98. The van der Waals surface area contributed by atoms with Crippen molar-refractivity contribution in [3.63, 3.8) is 0 Å². The van der Waals surface area contributed by atoms with Crippen molar-refractivity contribution in [2.24, 2.45) is 0 Å². The van der Waals surface area contributed by atoms with Crippen LogP contribution in [0, 0.1) is 10.4 Å². The highest BCUT2D eigenvalue weighted by Gasteiger charge is 2.24. The molecule has 3 aliphatic rings. The van der Waals surface area contributed by atoms with E-state index >= 15 is 0 Å². The Hall–Kier alpha value is -4.17. The number of H-pyrrole nitrogens is 1. The second-order valence-electron chi connectivity index (χ2n) is 8.49. The predicted molar refractivity (Wildman–Crippen MR) is 127 cm³/mol. The molecule has 5 aromatic rings. The van der Waals surface area contributed by atoms with Crippen LogP contribution in [0.2, 0.25) is 0 Å². The largest absolute Gasteiger partial charge is 0.360 e. The highest BCUT2D eigenvalue weighted by atomic mass is 14.7. The SMILES string of the molecule is C(/c1[nH]cc2c1-c1cccc3cccc-2c13)=c1\ncc2c3cccc4cccc(c1=2)c43. The number of fused-ring (bicyclic) bond motifs is 5. The molecule has 1 aliphatic heterocycles. The van der Waals surface area contributed by atoms with E-state index in [0.29, 0.717) is 0 Å². The first-order chi connectivity index (χ1) is 15.4. The number of nitrogens with one attached hydrogen (secondary N) is 1. The maximum atomic E-state index is 4.85. The zero-order chi connectivity index (χ0) is 20.1. The number of benzene rings is 4. The summed E-state index contributed by atoms with van der Waals surface area (Å²) in [6, 6.07) is 26.3. The molecule has 0 fully saturated rings. The minimum atomic E-state index is 1.03. The third-order valence-electron chi connectivity index (χ3n) is 6.98. The molecule has 8 rings (SSSR count). The zero-order valence-corrected chi connectivity index (χ0v) is 16.6. The van der Waals surface area contributed by atoms with E-state index in [2.05, 4.69) is 90.1 Å². The number of aromatic amines is 1. The van der Waals surface area contributed by atoms with E-state index in [4.69, 9.17) is 4.98 Å². The topological polar surface area (TPSA) is 28.7 Å². The Morgan fingerprint density at radius 1 is 0.677 bits per heavy atom. The first-order valence-electron chi connectivity index (χ1n) is 10.7. The molecule has 0 saturated heterocycles. The van der Waals surface area contributed by atoms with Gasteiger partial charge in [-0.05, 0) is 49.5 Å². The van der Waals surface area contributed by atoms with Crippen LogP contribution in [0.3, 0.4) is 0 Å². The van der Waals surface area contributed by atoms with Crippen molar-refractivity contribution < 1.29 is 0 Å². The molecular formula is C29H16N2. The van der Waals surface area contributed by atoms with Crippen LogP contribution in [0.1, 0.15) is 5.69 Å². The molecule has 0 bridgehead atoms. The summed E-state index contributed by atoms with van der Waals surface area (Å²) in [7, 11) is 0. The first-order valence-corrected chi connectivity index (χ1v) is 10.7. The first kappa shape index (κ1) is 15.6. The number of nitrogens with zero attached hydrogens (tertiary/aromatic N) is 1. The summed E-state index contributed by atoms with van der Waals surface area (Å²) in [5, 5.41) is 11.4. The van der Waals surface area contributed by atoms with Gasteiger partial charge in [0.25, 0.3) is 0 Å². The number of aromatic nitrogens is 2. The van der Waals surface area contributed by atoms with Gasteiger partial charge < -0.3 is 4.98 Å². The Balaban J connectivity index is 1.48. The Morgan fingerprint density at radius 2 is 1.39 bits per heavy atom. The van der Waals surface area contributed by atoms with Gasteiger partial charge in [0.15, 0.2) is 0 Å². The predicted octanol–water partition coefficient (Wildman–Crippen LogP) is 6.23. The van der Waals surface area contributed by atoms with E-state index in [9.17, 15) is 0 Å². The standard InChI is InChI=1S/C29H16N2/c1-5-16-7-3-11-20-26(16)18(9-1)22-14-30-24(28(20)22)13-25-29-21-12-4-8-17-6-2-10-19(27(17)21)23(29)15-31-25/h1-15,30H/b25-13+. The van der Waals surface area contributed by atoms with Gasteiger partial charge in [-0.2, -0.15) is 0 Å². The summed E-state index contributed by atoms with van der Waals surface area (Å²) in [4.78, 5) is 8.39. The molecule has 31 heavy (non-hydrogen) atoms. The summed E-state index contributed by atoms with van der Waals surface area (Å²) >= 11 is 0. The monoisotopic (exact) mass is 392 g/mol. The van der Waals surface area contributed by atoms with Crippen LogP contribution < -0.4 is 5.35 Å². The normalized spacial score (nSPS) is 13.4. The van der Waals surface area contributed by atoms with Gasteiger partial charge >= 0.3 is 0 Å². The summed E-state index contributed by atoms with van der Waals surface area (Å²) < 4.78 is 0. The van der Waals surface area contributed by atoms with Gasteiger partial charge in [-0.25, -0.2) is 0 Å². The average Bonchev–Trinajstić information content (AvgIpc) is 3.55. The van der Waals surface area contributed by atoms with Gasteiger partial charge in [0.2, 0.25) is 0 Å². The Kier molecular flexibility index (Phi) is 2.67. The lowest BCUT2D eigenvalue weighted by Crippen LogP contribution is -2.03. The molecule has 2 nitrogen and oxygen atoms in total. The van der Waals surface area contributed by atoms with Gasteiger partial charge in [0, 0.05) is 39.7 Å². The quantitative estimate of drug-likeness (QED) is 0.353. The number of hydrogen-bond acceptors (Lipinski definition) is 1. The average molecular weight is 392 g/mol. The van der Waals surface area contributed by atoms with E-state index in [1.54, 1.807) is 0 Å². The molecule has 2 aliphatic carbocycles. The molecule has 0 saturated carbocycles. The van der Waals surface area contributed by atoms with Crippen LogP contribution in [0.25, 0.3) is 60.6 Å². The van der Waals surface area contributed by atoms with E-state index in [1.165, 1.54) is 65.0 Å². The Bertz CT molecular complexity index is 1930. The maximum absolute atomic E-state index is 4.85. The van der Waals surface area contributed by atoms with Crippen molar-refractivity contribution in [2.45, 2.75) is 0 Å².